The third-order valence-corrected chi connectivity index (χ3v) is 3.53. The lowest BCUT2D eigenvalue weighted by molar-refractivity contribution is 0.112. The fourth-order valence-electron chi connectivity index (χ4n) is 1.25. The zero-order valence-electron chi connectivity index (χ0n) is 7.54. The van der Waals surface area contributed by atoms with E-state index in [-0.39, 0.29) is 0 Å². The van der Waals surface area contributed by atoms with E-state index in [0.717, 1.165) is 16.7 Å². The van der Waals surface area contributed by atoms with Gasteiger partial charge in [-0.15, -0.1) is 11.3 Å². The maximum Gasteiger partial charge on any atom is 0.160 e. The number of halogens is 2. The molecule has 1 aromatic heterocycles. The number of carbonyl (C=O) groups is 1. The number of hydrogen-bond donors (Lipinski definition) is 0. The molecule has 1 heterocycles. The molecule has 1 aromatic carbocycles. The van der Waals surface area contributed by atoms with Crippen molar-refractivity contribution in [3.05, 3.63) is 45.3 Å². The maximum absolute atomic E-state index is 10.5. The Hall–Kier alpha value is -0.830. The van der Waals surface area contributed by atoms with Crippen molar-refractivity contribution in [1.82, 2.24) is 0 Å². The molecule has 2 rings (SSSR count). The molecule has 0 bridgehead atoms. The summed E-state index contributed by atoms with van der Waals surface area (Å²) in [4.78, 5) is 12.2. The molecule has 0 fully saturated rings. The summed E-state index contributed by atoms with van der Waals surface area (Å²) >= 11 is 13.3. The van der Waals surface area contributed by atoms with Gasteiger partial charge in [-0.25, -0.2) is 0 Å². The Morgan fingerprint density at radius 3 is 2.53 bits per heavy atom. The minimum absolute atomic E-state index is 0.599. The third kappa shape index (κ3) is 2.23. The maximum atomic E-state index is 10.5. The Balaban J connectivity index is 2.49. The average Bonchev–Trinajstić information content (AvgIpc) is 2.66. The predicted octanol–water partition coefficient (Wildman–Crippen LogP) is 4.53. The Morgan fingerprint density at radius 2 is 1.93 bits per heavy atom. The predicted molar refractivity (Wildman–Crippen MR) is 65.2 cm³/mol. The molecule has 0 aliphatic carbocycles. The highest BCUT2D eigenvalue weighted by Crippen LogP contribution is 2.34. The Kier molecular flexibility index (Phi) is 3.10. The van der Waals surface area contributed by atoms with Crippen LogP contribution in [0.5, 0.6) is 0 Å². The summed E-state index contributed by atoms with van der Waals surface area (Å²) in [6.07, 6.45) is 0.831. The van der Waals surface area contributed by atoms with E-state index in [1.807, 2.05) is 12.1 Å². The van der Waals surface area contributed by atoms with Gasteiger partial charge in [0.15, 0.2) is 6.29 Å². The normalized spacial score (nSPS) is 10.3. The van der Waals surface area contributed by atoms with E-state index in [1.54, 1.807) is 18.2 Å². The van der Waals surface area contributed by atoms with Crippen LogP contribution in [0.1, 0.15) is 9.67 Å². The van der Waals surface area contributed by atoms with Gasteiger partial charge in [0.2, 0.25) is 0 Å². The molecule has 0 aliphatic rings. The Labute approximate surface area is 101 Å². The van der Waals surface area contributed by atoms with E-state index >= 15 is 0 Å². The van der Waals surface area contributed by atoms with Crippen molar-refractivity contribution in [2.75, 3.05) is 0 Å². The molecule has 0 saturated heterocycles. The number of benzene rings is 1. The smallest absolute Gasteiger partial charge is 0.160 e. The van der Waals surface area contributed by atoms with Crippen molar-refractivity contribution >= 4 is 40.8 Å². The van der Waals surface area contributed by atoms with Crippen LogP contribution in [0.25, 0.3) is 10.4 Å². The van der Waals surface area contributed by atoms with Crippen LogP contribution in [-0.2, 0) is 0 Å². The van der Waals surface area contributed by atoms with Crippen molar-refractivity contribution < 1.29 is 4.79 Å². The van der Waals surface area contributed by atoms with Gasteiger partial charge < -0.3 is 0 Å². The van der Waals surface area contributed by atoms with E-state index in [9.17, 15) is 4.79 Å². The summed E-state index contributed by atoms with van der Waals surface area (Å²) < 4.78 is 0. The van der Waals surface area contributed by atoms with Crippen LogP contribution in [0.4, 0.5) is 0 Å². The van der Waals surface area contributed by atoms with Crippen LogP contribution in [0.2, 0.25) is 10.0 Å². The Morgan fingerprint density at radius 1 is 1.13 bits per heavy atom. The van der Waals surface area contributed by atoms with Crippen LogP contribution in [0.15, 0.2) is 30.3 Å². The largest absolute Gasteiger partial charge is 0.297 e. The zero-order valence-corrected chi connectivity index (χ0v) is 9.86. The Bertz CT molecular complexity index is 505. The standard InChI is InChI=1S/C11H6Cl2OS/c12-7-1-3-9(10(13)5-7)11-4-2-8(6-14)15-11/h1-6H. The van der Waals surface area contributed by atoms with Crippen molar-refractivity contribution in [3.63, 3.8) is 0 Å². The second-order valence-electron chi connectivity index (χ2n) is 2.94. The lowest BCUT2D eigenvalue weighted by Gasteiger charge is -2.00. The topological polar surface area (TPSA) is 17.1 Å². The van der Waals surface area contributed by atoms with E-state index < -0.39 is 0 Å². The molecule has 0 amide bonds. The number of thiophene rings is 1. The van der Waals surface area contributed by atoms with Crippen molar-refractivity contribution in [2.24, 2.45) is 0 Å². The second kappa shape index (κ2) is 4.35. The molecule has 4 heteroatoms. The highest BCUT2D eigenvalue weighted by Gasteiger charge is 2.06. The highest BCUT2D eigenvalue weighted by atomic mass is 35.5. The lowest BCUT2D eigenvalue weighted by Crippen LogP contribution is -1.74. The van der Waals surface area contributed by atoms with Gasteiger partial charge in [0.05, 0.1) is 9.90 Å². The molecule has 1 nitrogen and oxygen atoms in total. The van der Waals surface area contributed by atoms with E-state index in [1.165, 1.54) is 11.3 Å². The average molecular weight is 257 g/mol. The first-order valence-corrected chi connectivity index (χ1v) is 5.78. The summed E-state index contributed by atoms with van der Waals surface area (Å²) in [5.74, 6) is 0. The molecule has 0 radical (unpaired) electrons. The van der Waals surface area contributed by atoms with E-state index in [2.05, 4.69) is 0 Å². The van der Waals surface area contributed by atoms with Crippen LogP contribution in [-0.4, -0.2) is 6.29 Å². The molecule has 0 aliphatic heterocycles. The first kappa shape index (κ1) is 10.7. The van der Waals surface area contributed by atoms with Gasteiger partial charge >= 0.3 is 0 Å². The molecule has 15 heavy (non-hydrogen) atoms. The minimum atomic E-state index is 0.599. The summed E-state index contributed by atoms with van der Waals surface area (Å²) in [6.45, 7) is 0. The van der Waals surface area contributed by atoms with Gasteiger partial charge in [0, 0.05) is 15.5 Å². The molecular weight excluding hydrogens is 251 g/mol. The molecule has 0 spiro atoms. The third-order valence-electron chi connectivity index (χ3n) is 1.94. The van der Waals surface area contributed by atoms with Gasteiger partial charge in [-0.05, 0) is 24.3 Å². The minimum Gasteiger partial charge on any atom is -0.297 e. The summed E-state index contributed by atoms with van der Waals surface area (Å²) in [5, 5.41) is 1.21. The first-order valence-electron chi connectivity index (χ1n) is 4.21. The summed E-state index contributed by atoms with van der Waals surface area (Å²) in [7, 11) is 0. The van der Waals surface area contributed by atoms with Crippen LogP contribution >= 0.6 is 34.5 Å². The van der Waals surface area contributed by atoms with E-state index in [4.69, 9.17) is 23.2 Å². The molecule has 0 unspecified atom stereocenters. The molecule has 0 saturated carbocycles. The fourth-order valence-corrected chi connectivity index (χ4v) is 2.68. The molecule has 2 aromatic rings. The zero-order chi connectivity index (χ0) is 10.8. The van der Waals surface area contributed by atoms with Gasteiger partial charge in [-0.3, -0.25) is 4.79 Å². The number of hydrogen-bond acceptors (Lipinski definition) is 2. The van der Waals surface area contributed by atoms with Crippen molar-refractivity contribution in [1.29, 1.82) is 0 Å². The quantitative estimate of drug-likeness (QED) is 0.722. The molecular formula is C11H6Cl2OS. The SMILES string of the molecule is O=Cc1ccc(-c2ccc(Cl)cc2Cl)s1. The molecule has 76 valence electrons. The van der Waals surface area contributed by atoms with Crippen molar-refractivity contribution in [2.45, 2.75) is 0 Å². The van der Waals surface area contributed by atoms with Crippen LogP contribution in [0.3, 0.4) is 0 Å². The number of rotatable bonds is 2. The van der Waals surface area contributed by atoms with Gasteiger partial charge in [-0.2, -0.15) is 0 Å². The van der Waals surface area contributed by atoms with Gasteiger partial charge in [-0.1, -0.05) is 29.3 Å². The first-order chi connectivity index (χ1) is 7.20. The van der Waals surface area contributed by atoms with Crippen LogP contribution < -0.4 is 0 Å². The van der Waals surface area contributed by atoms with Crippen molar-refractivity contribution in [3.8, 4) is 10.4 Å². The number of aldehydes is 1. The van der Waals surface area contributed by atoms with Crippen LogP contribution in [0, 0.1) is 0 Å². The summed E-state index contributed by atoms with van der Waals surface area (Å²) in [5.41, 5.74) is 0.902. The number of carbonyl (C=O) groups excluding carboxylic acids is 1. The summed E-state index contributed by atoms with van der Waals surface area (Å²) in [6, 6.07) is 8.98. The van der Waals surface area contributed by atoms with Gasteiger partial charge in [0.25, 0.3) is 0 Å². The monoisotopic (exact) mass is 256 g/mol. The van der Waals surface area contributed by atoms with Gasteiger partial charge in [0.1, 0.15) is 0 Å². The fraction of sp³-hybridized carbons (Fsp3) is 0. The van der Waals surface area contributed by atoms with E-state index in [0.29, 0.717) is 14.9 Å². The molecule has 0 atom stereocenters. The second-order valence-corrected chi connectivity index (χ2v) is 4.90. The molecule has 0 N–H and O–H groups in total. The lowest BCUT2D eigenvalue weighted by atomic mass is 10.2. The highest BCUT2D eigenvalue weighted by molar-refractivity contribution is 7.17.